The van der Waals surface area contributed by atoms with Crippen molar-refractivity contribution in [3.63, 3.8) is 0 Å². The number of aromatic nitrogens is 2. The summed E-state index contributed by atoms with van der Waals surface area (Å²) in [5.74, 6) is 0.532. The van der Waals surface area contributed by atoms with E-state index in [1.807, 2.05) is 39.5 Å². The van der Waals surface area contributed by atoms with E-state index < -0.39 is 0 Å². The molecule has 3 aromatic heterocycles. The quantitative estimate of drug-likeness (QED) is 0.117. The monoisotopic (exact) mass is 798 g/mol. The van der Waals surface area contributed by atoms with Crippen LogP contribution >= 0.6 is 34.0 Å². The van der Waals surface area contributed by atoms with Crippen molar-refractivity contribution >= 4 is 56.0 Å². The van der Waals surface area contributed by atoms with Gasteiger partial charge < -0.3 is 39.6 Å². The van der Waals surface area contributed by atoms with Gasteiger partial charge in [-0.15, -0.1) is 22.7 Å². The number of phenolic OH excluding ortho intramolecular Hbond substituents is 1. The Morgan fingerprint density at radius 2 is 1.87 bits per heavy atom. The van der Waals surface area contributed by atoms with Gasteiger partial charge in [-0.25, -0.2) is 4.98 Å². The number of piperidine rings is 1. The number of phenols is 1. The zero-order valence-corrected chi connectivity index (χ0v) is 34.1. The lowest BCUT2D eigenvalue weighted by Gasteiger charge is -2.47. The SMILES string of the molecule is CCN(CCNCCc1ccc(O)c2[nH]c(=O)sc12)C(=O)CCOCCc1ccc(CCN2CCC3(CC2)CN(C(=O)c2csc(C(C)C)n2)CCO3)s1. The zero-order valence-electron chi connectivity index (χ0n) is 31.7. The molecule has 2 aliphatic rings. The van der Waals surface area contributed by atoms with Gasteiger partial charge in [0.1, 0.15) is 17.0 Å². The van der Waals surface area contributed by atoms with Crippen molar-refractivity contribution in [1.82, 2.24) is 30.0 Å². The maximum atomic E-state index is 13.2. The van der Waals surface area contributed by atoms with E-state index in [9.17, 15) is 19.5 Å². The van der Waals surface area contributed by atoms with Gasteiger partial charge in [0.15, 0.2) is 0 Å². The van der Waals surface area contributed by atoms with E-state index in [1.54, 1.807) is 17.4 Å². The highest BCUT2D eigenvalue weighted by molar-refractivity contribution is 7.16. The number of aromatic hydroxyl groups is 1. The highest BCUT2D eigenvalue weighted by Crippen LogP contribution is 2.32. The van der Waals surface area contributed by atoms with Gasteiger partial charge in [0.2, 0.25) is 5.91 Å². The molecule has 15 heteroatoms. The fourth-order valence-corrected chi connectivity index (χ4v) is 9.85. The maximum Gasteiger partial charge on any atom is 0.305 e. The van der Waals surface area contributed by atoms with E-state index in [0.717, 1.165) is 78.3 Å². The third-order valence-corrected chi connectivity index (χ3v) is 13.7. The topological polar surface area (TPSA) is 140 Å². The van der Waals surface area contributed by atoms with Gasteiger partial charge in [0.05, 0.1) is 48.1 Å². The normalized spacial score (nSPS) is 16.2. The number of thiophene rings is 1. The lowest BCUT2D eigenvalue weighted by atomic mass is 9.89. The first-order valence-corrected chi connectivity index (χ1v) is 21.7. The summed E-state index contributed by atoms with van der Waals surface area (Å²) in [5, 5.41) is 16.3. The second-order valence-electron chi connectivity index (χ2n) is 14.5. The molecule has 2 amide bonds. The fraction of sp³-hybridized carbons (Fsp3) is 0.590. The van der Waals surface area contributed by atoms with Crippen LogP contribution < -0.4 is 10.2 Å². The van der Waals surface area contributed by atoms with Crippen LogP contribution in [0.2, 0.25) is 0 Å². The molecule has 0 radical (unpaired) electrons. The number of benzene rings is 1. The number of nitrogens with one attached hydrogen (secondary N) is 2. The van der Waals surface area contributed by atoms with Crippen LogP contribution in [0.5, 0.6) is 5.75 Å². The molecular weight excluding hydrogens is 745 g/mol. The number of rotatable bonds is 18. The lowest BCUT2D eigenvalue weighted by molar-refractivity contribution is -0.132. The van der Waals surface area contributed by atoms with Crippen molar-refractivity contribution in [3.8, 4) is 5.75 Å². The van der Waals surface area contributed by atoms with E-state index in [-0.39, 0.29) is 28.0 Å². The number of likely N-dealkylation sites (tertiary alicyclic amines) is 1. The van der Waals surface area contributed by atoms with Gasteiger partial charge in [0, 0.05) is 73.3 Å². The van der Waals surface area contributed by atoms with Crippen LogP contribution in [0.25, 0.3) is 10.2 Å². The van der Waals surface area contributed by atoms with Crippen LogP contribution in [0.15, 0.2) is 34.4 Å². The summed E-state index contributed by atoms with van der Waals surface area (Å²) in [6.07, 6.45) is 4.80. The van der Waals surface area contributed by atoms with Crippen LogP contribution in [-0.2, 0) is 33.5 Å². The van der Waals surface area contributed by atoms with Gasteiger partial charge in [-0.2, -0.15) is 0 Å². The first kappa shape index (κ1) is 40.5. The van der Waals surface area contributed by atoms with Crippen molar-refractivity contribution in [2.24, 2.45) is 0 Å². The summed E-state index contributed by atoms with van der Waals surface area (Å²) in [6, 6.07) is 7.90. The molecule has 4 aromatic rings. The number of likely N-dealkylation sites (N-methyl/N-ethyl adjacent to an activating group) is 1. The molecular formula is C39H54N6O6S3. The number of H-pyrrole nitrogens is 1. The number of morpholine rings is 1. The number of carbonyl (C=O) groups is 2. The molecule has 2 saturated heterocycles. The maximum absolute atomic E-state index is 13.2. The van der Waals surface area contributed by atoms with E-state index in [0.29, 0.717) is 82.6 Å². The van der Waals surface area contributed by atoms with Crippen LogP contribution in [0.1, 0.15) is 76.8 Å². The molecule has 6 rings (SSSR count). The van der Waals surface area contributed by atoms with Crippen molar-refractivity contribution < 1.29 is 24.2 Å². The molecule has 5 heterocycles. The Morgan fingerprint density at radius 3 is 2.63 bits per heavy atom. The first-order valence-electron chi connectivity index (χ1n) is 19.2. The van der Waals surface area contributed by atoms with Crippen molar-refractivity contribution in [2.75, 3.05) is 78.7 Å². The molecule has 0 bridgehead atoms. The summed E-state index contributed by atoms with van der Waals surface area (Å²) in [6.45, 7) is 14.6. The molecule has 0 unspecified atom stereocenters. The van der Waals surface area contributed by atoms with Crippen LogP contribution in [0.3, 0.4) is 0 Å². The minimum Gasteiger partial charge on any atom is -0.506 e. The lowest BCUT2D eigenvalue weighted by Crippen LogP contribution is -2.58. The van der Waals surface area contributed by atoms with Crippen LogP contribution in [0, 0.1) is 0 Å². The molecule has 0 atom stereocenters. The molecule has 2 fully saturated rings. The third-order valence-electron chi connectivity index (χ3n) is 10.4. The number of amides is 2. The molecule has 3 N–H and O–H groups in total. The Bertz CT molecular complexity index is 1890. The highest BCUT2D eigenvalue weighted by Gasteiger charge is 2.41. The Hall–Kier alpha value is -3.18. The third kappa shape index (κ3) is 10.6. The molecule has 0 saturated carbocycles. The predicted molar refractivity (Wildman–Crippen MR) is 217 cm³/mol. The molecule has 12 nitrogen and oxygen atoms in total. The standard InChI is InChI=1S/C39H54N6O6S3/c1-4-44(20-16-40-15-9-28-5-8-32(46)34-35(28)54-38(49)42-34)33(47)12-23-50-22-11-30-7-6-29(53-30)10-17-43-18-13-39(14-19-43)26-45(21-24-51-39)37(48)31-25-52-36(41-31)27(2)3/h5-8,25,27,40,46H,4,9-24,26H2,1-3H3,(H,42,49). The van der Waals surface area contributed by atoms with Crippen molar-refractivity contribution in [1.29, 1.82) is 0 Å². The minimum atomic E-state index is -0.257. The fourth-order valence-electron chi connectivity index (χ4n) is 7.16. The number of hydrogen-bond donors (Lipinski definition) is 3. The molecule has 294 valence electrons. The van der Waals surface area contributed by atoms with Crippen LogP contribution in [-0.4, -0.2) is 126 Å². The van der Waals surface area contributed by atoms with E-state index in [2.05, 4.69) is 46.2 Å². The average molecular weight is 799 g/mol. The average Bonchev–Trinajstić information content (AvgIpc) is 3.94. The number of hydrogen-bond acceptors (Lipinski definition) is 12. The Kier molecular flexibility index (Phi) is 14.3. The Morgan fingerprint density at radius 1 is 1.07 bits per heavy atom. The summed E-state index contributed by atoms with van der Waals surface area (Å²) in [7, 11) is 0. The van der Waals surface area contributed by atoms with Crippen LogP contribution in [0.4, 0.5) is 0 Å². The smallest absolute Gasteiger partial charge is 0.305 e. The first-order chi connectivity index (χ1) is 26.1. The van der Waals surface area contributed by atoms with Gasteiger partial charge in [0.25, 0.3) is 5.91 Å². The zero-order chi connectivity index (χ0) is 38.1. The number of aromatic amines is 1. The number of ether oxygens (including phenoxy) is 2. The summed E-state index contributed by atoms with van der Waals surface area (Å²) in [4.78, 5) is 53.9. The molecule has 54 heavy (non-hydrogen) atoms. The number of fused-ring (bicyclic) bond motifs is 1. The Balaban J connectivity index is 0.823. The van der Waals surface area contributed by atoms with Crippen molar-refractivity contribution in [3.05, 3.63) is 65.3 Å². The summed E-state index contributed by atoms with van der Waals surface area (Å²) in [5.41, 5.74) is 1.82. The largest absolute Gasteiger partial charge is 0.506 e. The highest BCUT2D eigenvalue weighted by atomic mass is 32.1. The van der Waals surface area contributed by atoms with Gasteiger partial charge in [-0.05, 0) is 62.9 Å². The second-order valence-corrected chi connectivity index (χ2v) is 17.6. The molecule has 2 aliphatic heterocycles. The van der Waals surface area contributed by atoms with Crippen molar-refractivity contribution in [2.45, 2.75) is 70.8 Å². The van der Waals surface area contributed by atoms with E-state index in [4.69, 9.17) is 9.47 Å². The molecule has 0 aliphatic carbocycles. The van der Waals surface area contributed by atoms with Gasteiger partial charge >= 0.3 is 4.87 Å². The molecule has 1 spiro atoms. The number of carbonyl (C=O) groups excluding carboxylic acids is 2. The Labute approximate surface area is 329 Å². The summed E-state index contributed by atoms with van der Waals surface area (Å²) >= 11 is 4.53. The number of thiazole rings is 2. The minimum absolute atomic E-state index is 0.0282. The predicted octanol–water partition coefficient (Wildman–Crippen LogP) is 5.12. The van der Waals surface area contributed by atoms with Gasteiger partial charge in [-0.1, -0.05) is 31.3 Å². The van der Waals surface area contributed by atoms with E-state index >= 15 is 0 Å². The van der Waals surface area contributed by atoms with E-state index in [1.165, 1.54) is 9.75 Å². The van der Waals surface area contributed by atoms with Gasteiger partial charge in [-0.3, -0.25) is 14.4 Å². The summed E-state index contributed by atoms with van der Waals surface area (Å²) < 4.78 is 13.0. The second kappa shape index (κ2) is 19.1. The molecule has 1 aromatic carbocycles. The number of nitrogens with zero attached hydrogens (tertiary/aromatic N) is 4.